The summed E-state index contributed by atoms with van der Waals surface area (Å²) in [6.07, 6.45) is 0.700. The van der Waals surface area contributed by atoms with E-state index in [1.54, 1.807) is 11.3 Å². The third-order valence-corrected chi connectivity index (χ3v) is 5.64. The maximum absolute atomic E-state index is 6.35. The number of hydrogen-bond acceptors (Lipinski definition) is 4. The summed E-state index contributed by atoms with van der Waals surface area (Å²) in [5.41, 5.74) is 4.83. The molecule has 0 saturated heterocycles. The van der Waals surface area contributed by atoms with Crippen molar-refractivity contribution in [3.63, 3.8) is 0 Å². The quantitative estimate of drug-likeness (QED) is 0.517. The van der Waals surface area contributed by atoms with Crippen molar-refractivity contribution in [2.24, 2.45) is 5.84 Å². The largest absolute Gasteiger partial charge is 0.271 e. The first kappa shape index (κ1) is 14.9. The van der Waals surface area contributed by atoms with Gasteiger partial charge in [-0.05, 0) is 39.7 Å². The number of rotatable bonds is 4. The van der Waals surface area contributed by atoms with E-state index in [4.69, 9.17) is 17.4 Å². The van der Waals surface area contributed by atoms with Gasteiger partial charge in [0, 0.05) is 10.9 Å². The lowest BCUT2D eigenvalue weighted by molar-refractivity contribution is 0.551. The van der Waals surface area contributed by atoms with Crippen molar-refractivity contribution in [1.29, 1.82) is 0 Å². The van der Waals surface area contributed by atoms with Crippen molar-refractivity contribution in [2.75, 3.05) is 0 Å². The molecule has 3 aromatic rings. The highest BCUT2D eigenvalue weighted by molar-refractivity contribution is 9.10. The monoisotopic (exact) mass is 381 g/mol. The molecule has 0 radical (unpaired) electrons. The number of benzene rings is 2. The molecule has 1 heterocycles. The van der Waals surface area contributed by atoms with Crippen molar-refractivity contribution in [3.8, 4) is 0 Å². The summed E-state index contributed by atoms with van der Waals surface area (Å²) in [4.78, 5) is 4.65. The SMILES string of the molecule is NNC(Cc1nc2ccccc2s1)c1cccc(Br)c1Cl. The van der Waals surface area contributed by atoms with Gasteiger partial charge in [-0.3, -0.25) is 11.3 Å². The van der Waals surface area contributed by atoms with Crippen LogP contribution in [0.25, 0.3) is 10.2 Å². The van der Waals surface area contributed by atoms with E-state index < -0.39 is 0 Å². The zero-order valence-corrected chi connectivity index (χ0v) is 14.2. The number of hydrazine groups is 1. The standard InChI is InChI=1S/C15H13BrClN3S/c16-10-5-3-4-9(15(10)17)12(20-18)8-14-19-11-6-1-2-7-13(11)21-14/h1-7,12,20H,8,18H2. The van der Waals surface area contributed by atoms with Crippen LogP contribution in [0, 0.1) is 0 Å². The molecule has 1 unspecified atom stereocenters. The van der Waals surface area contributed by atoms with Gasteiger partial charge in [0.15, 0.2) is 0 Å². The Morgan fingerprint density at radius 1 is 1.24 bits per heavy atom. The normalized spacial score (nSPS) is 12.7. The Labute approximate surface area is 140 Å². The second-order valence-electron chi connectivity index (χ2n) is 4.64. The second-order valence-corrected chi connectivity index (χ2v) is 6.99. The van der Waals surface area contributed by atoms with Crippen LogP contribution in [0.1, 0.15) is 16.6 Å². The van der Waals surface area contributed by atoms with Gasteiger partial charge < -0.3 is 0 Å². The van der Waals surface area contributed by atoms with Crippen molar-refractivity contribution in [1.82, 2.24) is 10.4 Å². The molecule has 1 atom stereocenters. The van der Waals surface area contributed by atoms with E-state index in [1.807, 2.05) is 36.4 Å². The Hall–Kier alpha value is -0.980. The number of para-hydroxylation sites is 1. The van der Waals surface area contributed by atoms with Crippen LogP contribution in [0.15, 0.2) is 46.9 Å². The van der Waals surface area contributed by atoms with Crippen molar-refractivity contribution in [2.45, 2.75) is 12.5 Å². The van der Waals surface area contributed by atoms with Gasteiger partial charge in [0.05, 0.1) is 26.3 Å². The summed E-state index contributed by atoms with van der Waals surface area (Å²) in [7, 11) is 0. The Morgan fingerprint density at radius 2 is 2.05 bits per heavy atom. The molecule has 0 aliphatic carbocycles. The van der Waals surface area contributed by atoms with Gasteiger partial charge in [-0.25, -0.2) is 4.98 Å². The van der Waals surface area contributed by atoms with Gasteiger partial charge in [0.1, 0.15) is 0 Å². The third-order valence-electron chi connectivity index (χ3n) is 3.27. The lowest BCUT2D eigenvalue weighted by Gasteiger charge is -2.17. The number of nitrogens with zero attached hydrogens (tertiary/aromatic N) is 1. The predicted octanol–water partition coefficient (Wildman–Crippen LogP) is 4.46. The smallest absolute Gasteiger partial charge is 0.0958 e. The number of hydrogen-bond donors (Lipinski definition) is 2. The Kier molecular flexibility index (Phi) is 4.57. The maximum Gasteiger partial charge on any atom is 0.0958 e. The number of nitrogens with two attached hydrogens (primary N) is 1. The van der Waals surface area contributed by atoms with E-state index in [9.17, 15) is 0 Å². The van der Waals surface area contributed by atoms with E-state index in [0.29, 0.717) is 11.4 Å². The highest BCUT2D eigenvalue weighted by Gasteiger charge is 2.17. The molecule has 3 N–H and O–H groups in total. The first-order valence-corrected chi connectivity index (χ1v) is 8.42. The van der Waals surface area contributed by atoms with Gasteiger partial charge in [-0.2, -0.15) is 0 Å². The molecule has 0 amide bonds. The summed E-state index contributed by atoms with van der Waals surface area (Å²) in [5, 5.41) is 1.72. The van der Waals surface area contributed by atoms with Crippen LogP contribution < -0.4 is 11.3 Å². The highest BCUT2D eigenvalue weighted by Crippen LogP contribution is 2.32. The van der Waals surface area contributed by atoms with Crippen LogP contribution in [-0.2, 0) is 6.42 Å². The fraction of sp³-hybridized carbons (Fsp3) is 0.133. The van der Waals surface area contributed by atoms with E-state index >= 15 is 0 Å². The number of fused-ring (bicyclic) bond motifs is 1. The average molecular weight is 383 g/mol. The molecule has 0 aliphatic heterocycles. The Balaban J connectivity index is 1.92. The number of aromatic nitrogens is 1. The fourth-order valence-corrected chi connectivity index (χ4v) is 3.88. The van der Waals surface area contributed by atoms with Crippen LogP contribution in [0.2, 0.25) is 5.02 Å². The molecule has 0 bridgehead atoms. The fourth-order valence-electron chi connectivity index (χ4n) is 2.23. The van der Waals surface area contributed by atoms with Gasteiger partial charge in [0.25, 0.3) is 0 Å². The van der Waals surface area contributed by atoms with Crippen LogP contribution >= 0.6 is 38.9 Å². The molecule has 1 aromatic heterocycles. The molecule has 0 spiro atoms. The van der Waals surface area contributed by atoms with Gasteiger partial charge in [-0.15, -0.1) is 11.3 Å². The molecule has 108 valence electrons. The highest BCUT2D eigenvalue weighted by atomic mass is 79.9. The van der Waals surface area contributed by atoms with Crippen LogP contribution in [0.4, 0.5) is 0 Å². The number of thiazole rings is 1. The molecule has 0 aliphatic rings. The first-order valence-electron chi connectivity index (χ1n) is 6.43. The van der Waals surface area contributed by atoms with E-state index in [2.05, 4.69) is 32.4 Å². The zero-order chi connectivity index (χ0) is 14.8. The minimum atomic E-state index is -0.0736. The summed E-state index contributed by atoms with van der Waals surface area (Å²) in [6.45, 7) is 0. The molecule has 0 saturated carbocycles. The third kappa shape index (κ3) is 3.12. The van der Waals surface area contributed by atoms with Crippen molar-refractivity contribution in [3.05, 3.63) is 62.5 Å². The molecule has 0 fully saturated rings. The van der Waals surface area contributed by atoms with Crippen molar-refractivity contribution >= 4 is 49.1 Å². The summed E-state index contributed by atoms with van der Waals surface area (Å²) in [6, 6.07) is 13.9. The summed E-state index contributed by atoms with van der Waals surface area (Å²) >= 11 is 11.5. The molecule has 3 rings (SSSR count). The van der Waals surface area contributed by atoms with Gasteiger partial charge >= 0.3 is 0 Å². The van der Waals surface area contributed by atoms with E-state index in [1.165, 1.54) is 4.70 Å². The summed E-state index contributed by atoms with van der Waals surface area (Å²) in [5.74, 6) is 5.72. The van der Waals surface area contributed by atoms with E-state index in [0.717, 1.165) is 20.6 Å². The second kappa shape index (κ2) is 6.42. The summed E-state index contributed by atoms with van der Waals surface area (Å²) < 4.78 is 2.05. The molecular weight excluding hydrogens is 370 g/mol. The Morgan fingerprint density at radius 3 is 2.81 bits per heavy atom. The molecule has 2 aromatic carbocycles. The van der Waals surface area contributed by atoms with Gasteiger partial charge in [0.2, 0.25) is 0 Å². The average Bonchev–Trinajstić information content (AvgIpc) is 2.90. The molecular formula is C15H13BrClN3S. The maximum atomic E-state index is 6.35. The minimum Gasteiger partial charge on any atom is -0.271 e. The van der Waals surface area contributed by atoms with Crippen LogP contribution in [0.3, 0.4) is 0 Å². The lowest BCUT2D eigenvalue weighted by Crippen LogP contribution is -2.29. The first-order chi connectivity index (χ1) is 10.2. The predicted molar refractivity (Wildman–Crippen MR) is 92.5 cm³/mol. The molecule has 3 nitrogen and oxygen atoms in total. The topological polar surface area (TPSA) is 50.9 Å². The van der Waals surface area contributed by atoms with E-state index in [-0.39, 0.29) is 6.04 Å². The zero-order valence-electron chi connectivity index (χ0n) is 11.0. The molecule has 6 heteroatoms. The Bertz CT molecular complexity index is 741. The van der Waals surface area contributed by atoms with Crippen LogP contribution in [-0.4, -0.2) is 4.98 Å². The van der Waals surface area contributed by atoms with Crippen LogP contribution in [0.5, 0.6) is 0 Å². The molecule has 21 heavy (non-hydrogen) atoms. The van der Waals surface area contributed by atoms with Gasteiger partial charge in [-0.1, -0.05) is 35.9 Å². The number of halogens is 2. The lowest BCUT2D eigenvalue weighted by atomic mass is 10.0. The minimum absolute atomic E-state index is 0.0736. The van der Waals surface area contributed by atoms with Crippen molar-refractivity contribution < 1.29 is 0 Å². The number of nitrogens with one attached hydrogen (secondary N) is 1.